The summed E-state index contributed by atoms with van der Waals surface area (Å²) in [4.78, 5) is 11.0. The van der Waals surface area contributed by atoms with E-state index >= 15 is 0 Å². The van der Waals surface area contributed by atoms with E-state index in [1.54, 1.807) is 10.8 Å². The quantitative estimate of drug-likeness (QED) is 0.502. The van der Waals surface area contributed by atoms with E-state index in [1.807, 2.05) is 67.2 Å². The number of aryl methyl sites for hydroxylation is 1. The van der Waals surface area contributed by atoms with Gasteiger partial charge in [-0.1, -0.05) is 23.7 Å². The lowest BCUT2D eigenvalue weighted by molar-refractivity contribution is -0.137. The van der Waals surface area contributed by atoms with Crippen LogP contribution in [-0.2, 0) is 25.0 Å². The van der Waals surface area contributed by atoms with Crippen molar-refractivity contribution >= 4 is 28.5 Å². The van der Waals surface area contributed by atoms with Gasteiger partial charge in [0, 0.05) is 35.5 Å². The van der Waals surface area contributed by atoms with Gasteiger partial charge < -0.3 is 14.4 Å². The fourth-order valence-corrected chi connectivity index (χ4v) is 3.56. The van der Waals surface area contributed by atoms with Crippen LogP contribution in [0.3, 0.4) is 0 Å². The van der Waals surface area contributed by atoms with Crippen LogP contribution in [0.5, 0.6) is 5.75 Å². The summed E-state index contributed by atoms with van der Waals surface area (Å²) in [5.41, 5.74) is 4.74. The van der Waals surface area contributed by atoms with E-state index in [2.05, 4.69) is 5.10 Å². The van der Waals surface area contributed by atoms with Gasteiger partial charge in [-0.25, -0.2) is 0 Å². The lowest BCUT2D eigenvalue weighted by atomic mass is 10.1. The van der Waals surface area contributed by atoms with Gasteiger partial charge >= 0.3 is 5.97 Å². The average Bonchev–Trinajstić information content (AvgIpc) is 3.21. The lowest BCUT2D eigenvalue weighted by Gasteiger charge is -2.09. The molecule has 29 heavy (non-hydrogen) atoms. The third-order valence-corrected chi connectivity index (χ3v) is 5.22. The largest absolute Gasteiger partial charge is 0.487 e. The number of hydrogen-bond donors (Lipinski definition) is 1. The van der Waals surface area contributed by atoms with Gasteiger partial charge in [-0.2, -0.15) is 5.10 Å². The second kappa shape index (κ2) is 7.64. The Morgan fingerprint density at radius 2 is 1.93 bits per heavy atom. The first-order chi connectivity index (χ1) is 13.9. The molecule has 0 amide bonds. The minimum Gasteiger partial charge on any atom is -0.487 e. The molecule has 0 saturated carbocycles. The Balaban J connectivity index is 1.57. The first-order valence-electron chi connectivity index (χ1n) is 9.14. The van der Waals surface area contributed by atoms with Crippen molar-refractivity contribution in [1.82, 2.24) is 14.3 Å². The molecule has 0 fully saturated rings. The third-order valence-electron chi connectivity index (χ3n) is 4.97. The van der Waals surface area contributed by atoms with Gasteiger partial charge in [0.2, 0.25) is 0 Å². The molecule has 7 heteroatoms. The Labute approximate surface area is 172 Å². The second-order valence-corrected chi connectivity index (χ2v) is 7.33. The first-order valence-corrected chi connectivity index (χ1v) is 9.52. The predicted molar refractivity (Wildman–Crippen MR) is 112 cm³/mol. The van der Waals surface area contributed by atoms with E-state index < -0.39 is 5.97 Å². The van der Waals surface area contributed by atoms with Crippen molar-refractivity contribution in [2.45, 2.75) is 20.1 Å². The summed E-state index contributed by atoms with van der Waals surface area (Å²) < 4.78 is 9.53. The Hall–Kier alpha value is -3.25. The SMILES string of the molecule is Cc1c(-c2ccc(Cl)cc2)nn(C)c1COc1ccc2ccn(CC(=O)O)c2c1. The van der Waals surface area contributed by atoms with Crippen LogP contribution in [0, 0.1) is 6.92 Å². The van der Waals surface area contributed by atoms with E-state index in [4.69, 9.17) is 21.4 Å². The minimum absolute atomic E-state index is 0.0851. The molecule has 0 aliphatic rings. The van der Waals surface area contributed by atoms with E-state index in [0.29, 0.717) is 17.4 Å². The summed E-state index contributed by atoms with van der Waals surface area (Å²) in [6.45, 7) is 2.29. The number of rotatable bonds is 6. The fourth-order valence-electron chi connectivity index (χ4n) is 3.44. The molecular weight excluding hydrogens is 390 g/mol. The lowest BCUT2D eigenvalue weighted by Crippen LogP contribution is -2.07. The maximum Gasteiger partial charge on any atom is 0.323 e. The number of nitrogens with zero attached hydrogens (tertiary/aromatic N) is 3. The normalized spacial score (nSPS) is 11.1. The highest BCUT2D eigenvalue weighted by Gasteiger charge is 2.15. The summed E-state index contributed by atoms with van der Waals surface area (Å²) in [5, 5.41) is 15.4. The predicted octanol–water partition coefficient (Wildman–Crippen LogP) is 4.67. The van der Waals surface area contributed by atoms with Crippen molar-refractivity contribution in [1.29, 1.82) is 0 Å². The molecule has 0 radical (unpaired) electrons. The Bertz CT molecular complexity index is 1190. The highest BCUT2D eigenvalue weighted by atomic mass is 35.5. The van der Waals surface area contributed by atoms with Gasteiger partial charge in [0.05, 0.1) is 16.9 Å². The minimum atomic E-state index is -0.881. The van der Waals surface area contributed by atoms with Crippen LogP contribution < -0.4 is 4.74 Å². The molecule has 0 atom stereocenters. The molecule has 1 N–H and O–H groups in total. The monoisotopic (exact) mass is 409 g/mol. The summed E-state index contributed by atoms with van der Waals surface area (Å²) in [6.07, 6.45) is 1.77. The van der Waals surface area contributed by atoms with Crippen molar-refractivity contribution in [2.24, 2.45) is 7.05 Å². The maximum absolute atomic E-state index is 11.0. The molecular formula is C22H20ClN3O3. The summed E-state index contributed by atoms with van der Waals surface area (Å²) in [7, 11) is 1.90. The number of carboxylic acid groups (broad SMARTS) is 1. The van der Waals surface area contributed by atoms with Gasteiger partial charge in [0.15, 0.2) is 0 Å². The van der Waals surface area contributed by atoms with Gasteiger partial charge in [-0.05, 0) is 42.6 Å². The van der Waals surface area contributed by atoms with Crippen molar-refractivity contribution < 1.29 is 14.6 Å². The molecule has 4 rings (SSSR count). The molecule has 2 heterocycles. The zero-order valence-corrected chi connectivity index (χ0v) is 16.8. The Morgan fingerprint density at radius 1 is 1.17 bits per heavy atom. The van der Waals surface area contributed by atoms with Crippen molar-refractivity contribution in [3.05, 3.63) is 71.0 Å². The molecule has 0 aliphatic carbocycles. The van der Waals surface area contributed by atoms with E-state index in [0.717, 1.165) is 33.4 Å². The molecule has 0 bridgehead atoms. The van der Waals surface area contributed by atoms with Gasteiger partial charge in [-0.3, -0.25) is 9.48 Å². The van der Waals surface area contributed by atoms with Gasteiger partial charge in [0.25, 0.3) is 0 Å². The van der Waals surface area contributed by atoms with Crippen LogP contribution in [0.15, 0.2) is 54.7 Å². The van der Waals surface area contributed by atoms with Crippen LogP contribution in [0.25, 0.3) is 22.2 Å². The van der Waals surface area contributed by atoms with E-state index in [1.165, 1.54) is 0 Å². The molecule has 0 unspecified atom stereocenters. The van der Waals surface area contributed by atoms with Crippen LogP contribution in [0.2, 0.25) is 5.02 Å². The number of hydrogen-bond acceptors (Lipinski definition) is 3. The Kier molecular flexibility index (Phi) is 5.03. The second-order valence-electron chi connectivity index (χ2n) is 6.90. The number of aliphatic carboxylic acids is 1. The molecule has 0 spiro atoms. The zero-order chi connectivity index (χ0) is 20.5. The molecule has 0 saturated heterocycles. The summed E-state index contributed by atoms with van der Waals surface area (Å²) in [5.74, 6) is -0.203. The molecule has 6 nitrogen and oxygen atoms in total. The van der Waals surface area contributed by atoms with Crippen molar-refractivity contribution in [3.63, 3.8) is 0 Å². The van der Waals surface area contributed by atoms with E-state index in [-0.39, 0.29) is 6.54 Å². The topological polar surface area (TPSA) is 69.3 Å². The molecule has 2 aromatic heterocycles. The number of ether oxygens (including phenoxy) is 1. The van der Waals surface area contributed by atoms with Gasteiger partial charge in [-0.15, -0.1) is 0 Å². The average molecular weight is 410 g/mol. The Morgan fingerprint density at radius 3 is 2.66 bits per heavy atom. The van der Waals surface area contributed by atoms with Gasteiger partial charge in [0.1, 0.15) is 18.9 Å². The number of benzene rings is 2. The van der Waals surface area contributed by atoms with E-state index in [9.17, 15) is 4.79 Å². The molecule has 2 aromatic carbocycles. The number of carboxylic acids is 1. The van der Waals surface area contributed by atoms with Crippen LogP contribution >= 0.6 is 11.6 Å². The number of aromatic nitrogens is 3. The summed E-state index contributed by atoms with van der Waals surface area (Å²) in [6, 6.07) is 15.2. The summed E-state index contributed by atoms with van der Waals surface area (Å²) >= 11 is 5.99. The molecule has 148 valence electrons. The third kappa shape index (κ3) is 3.84. The van der Waals surface area contributed by atoms with Crippen LogP contribution in [0.1, 0.15) is 11.3 Å². The van der Waals surface area contributed by atoms with Crippen LogP contribution in [0.4, 0.5) is 0 Å². The standard InChI is InChI=1S/C22H20ClN3O3/c1-14-20(25(2)24-22(14)16-3-6-17(23)7-4-16)13-29-18-8-5-15-9-10-26(12-21(27)28)19(15)11-18/h3-11H,12-13H2,1-2H3,(H,27,28). The highest BCUT2D eigenvalue weighted by molar-refractivity contribution is 6.30. The van der Waals surface area contributed by atoms with Crippen molar-refractivity contribution in [3.8, 4) is 17.0 Å². The number of fused-ring (bicyclic) bond motifs is 1. The maximum atomic E-state index is 11.0. The first kappa shape index (κ1) is 19.1. The number of halogens is 1. The van der Waals surface area contributed by atoms with Crippen molar-refractivity contribution in [2.75, 3.05) is 0 Å². The highest BCUT2D eigenvalue weighted by Crippen LogP contribution is 2.27. The number of carbonyl (C=O) groups is 1. The molecule has 4 aromatic rings. The zero-order valence-electron chi connectivity index (χ0n) is 16.1. The smallest absolute Gasteiger partial charge is 0.323 e. The molecule has 0 aliphatic heterocycles. The fraction of sp³-hybridized carbons (Fsp3) is 0.182. The van der Waals surface area contributed by atoms with Crippen LogP contribution in [-0.4, -0.2) is 25.4 Å².